The molecule has 20 heavy (non-hydrogen) atoms. The van der Waals surface area contributed by atoms with E-state index in [-0.39, 0.29) is 12.0 Å². The van der Waals surface area contributed by atoms with Crippen molar-refractivity contribution in [2.75, 3.05) is 13.1 Å². The number of hydrogen-bond donors (Lipinski definition) is 1. The Kier molecular flexibility index (Phi) is 4.18. The van der Waals surface area contributed by atoms with Gasteiger partial charge in [0.1, 0.15) is 0 Å². The van der Waals surface area contributed by atoms with Crippen molar-refractivity contribution in [2.24, 2.45) is 11.3 Å². The van der Waals surface area contributed by atoms with Crippen molar-refractivity contribution in [1.29, 1.82) is 0 Å². The van der Waals surface area contributed by atoms with Crippen LogP contribution in [-0.2, 0) is 11.3 Å². The van der Waals surface area contributed by atoms with Crippen LogP contribution in [0.2, 0.25) is 0 Å². The number of carbonyl (C=O) groups is 1. The minimum Gasteiger partial charge on any atom is -0.481 e. The highest BCUT2D eigenvalue weighted by Crippen LogP contribution is 2.41. The highest BCUT2D eigenvalue weighted by Gasteiger charge is 2.48. The van der Waals surface area contributed by atoms with Crippen LogP contribution >= 0.6 is 0 Å². The van der Waals surface area contributed by atoms with Gasteiger partial charge in [-0.15, -0.1) is 0 Å². The molecule has 0 saturated carbocycles. The Balaban J connectivity index is 2.13. The van der Waals surface area contributed by atoms with E-state index in [9.17, 15) is 9.90 Å². The van der Waals surface area contributed by atoms with E-state index in [1.165, 1.54) is 0 Å². The fourth-order valence-corrected chi connectivity index (χ4v) is 3.07. The molecule has 0 bridgehead atoms. The zero-order chi connectivity index (χ0) is 14.9. The SMILES string of the molecule is CCn1cc(C(C)N2CCC(C(=O)O)(C(C)C)C2)cn1. The molecule has 1 aromatic rings. The zero-order valence-corrected chi connectivity index (χ0v) is 12.8. The van der Waals surface area contributed by atoms with Crippen LogP contribution in [0.15, 0.2) is 12.4 Å². The van der Waals surface area contributed by atoms with Gasteiger partial charge in [0.15, 0.2) is 0 Å². The molecule has 2 heterocycles. The molecule has 0 aromatic carbocycles. The van der Waals surface area contributed by atoms with E-state index in [1.807, 2.05) is 24.7 Å². The van der Waals surface area contributed by atoms with E-state index >= 15 is 0 Å². The number of carboxylic acid groups (broad SMARTS) is 1. The molecule has 1 fully saturated rings. The van der Waals surface area contributed by atoms with E-state index in [1.54, 1.807) is 0 Å². The van der Waals surface area contributed by atoms with Gasteiger partial charge in [0.25, 0.3) is 0 Å². The molecule has 1 aliphatic rings. The number of aromatic nitrogens is 2. The number of rotatable bonds is 5. The minimum atomic E-state index is -0.661. The molecule has 5 heteroatoms. The van der Waals surface area contributed by atoms with Gasteiger partial charge < -0.3 is 5.11 Å². The summed E-state index contributed by atoms with van der Waals surface area (Å²) in [4.78, 5) is 13.9. The Labute approximate surface area is 120 Å². The van der Waals surface area contributed by atoms with Crippen molar-refractivity contribution in [3.8, 4) is 0 Å². The first-order valence-electron chi connectivity index (χ1n) is 7.40. The highest BCUT2D eigenvalue weighted by atomic mass is 16.4. The van der Waals surface area contributed by atoms with Crippen molar-refractivity contribution >= 4 is 5.97 Å². The molecule has 5 nitrogen and oxygen atoms in total. The van der Waals surface area contributed by atoms with Gasteiger partial charge in [-0.1, -0.05) is 13.8 Å². The largest absolute Gasteiger partial charge is 0.481 e. The fourth-order valence-electron chi connectivity index (χ4n) is 3.07. The normalized spacial score (nSPS) is 25.2. The summed E-state index contributed by atoms with van der Waals surface area (Å²) in [5.41, 5.74) is 0.562. The standard InChI is InChI=1S/C15H25N3O2/c1-5-18-9-13(8-16-18)12(4)17-7-6-15(10-17,11(2)3)14(19)20/h8-9,11-12H,5-7,10H2,1-4H3,(H,19,20). The maximum Gasteiger partial charge on any atom is 0.311 e. The predicted molar refractivity (Wildman–Crippen MR) is 77.4 cm³/mol. The van der Waals surface area contributed by atoms with Crippen LogP contribution in [0.4, 0.5) is 0 Å². The summed E-state index contributed by atoms with van der Waals surface area (Å²) in [6.45, 7) is 10.5. The number of hydrogen-bond acceptors (Lipinski definition) is 3. The van der Waals surface area contributed by atoms with Crippen molar-refractivity contribution in [3.05, 3.63) is 18.0 Å². The maximum atomic E-state index is 11.7. The molecule has 112 valence electrons. The zero-order valence-electron chi connectivity index (χ0n) is 12.8. The second-order valence-electron chi connectivity index (χ2n) is 6.14. The van der Waals surface area contributed by atoms with Crippen LogP contribution in [0.1, 0.15) is 45.7 Å². The average molecular weight is 279 g/mol. The summed E-state index contributed by atoms with van der Waals surface area (Å²) >= 11 is 0. The highest BCUT2D eigenvalue weighted by molar-refractivity contribution is 5.75. The number of carboxylic acids is 1. The molecule has 1 aromatic heterocycles. The summed E-state index contributed by atoms with van der Waals surface area (Å²) in [6, 6.07) is 0.218. The molecule has 0 spiro atoms. The first-order valence-corrected chi connectivity index (χ1v) is 7.40. The third-order valence-corrected chi connectivity index (χ3v) is 4.87. The van der Waals surface area contributed by atoms with Gasteiger partial charge in [0, 0.05) is 30.9 Å². The lowest BCUT2D eigenvalue weighted by Crippen LogP contribution is -2.39. The van der Waals surface area contributed by atoms with Gasteiger partial charge in [-0.3, -0.25) is 14.4 Å². The molecule has 2 rings (SSSR count). The molecule has 1 aliphatic heterocycles. The molecule has 1 N–H and O–H groups in total. The molecule has 0 amide bonds. The molecule has 2 atom stereocenters. The topological polar surface area (TPSA) is 58.4 Å². The van der Waals surface area contributed by atoms with E-state index in [0.29, 0.717) is 6.54 Å². The lowest BCUT2D eigenvalue weighted by Gasteiger charge is -2.30. The van der Waals surface area contributed by atoms with Gasteiger partial charge in [-0.05, 0) is 32.7 Å². The van der Waals surface area contributed by atoms with Gasteiger partial charge in [0.05, 0.1) is 11.6 Å². The van der Waals surface area contributed by atoms with Crippen LogP contribution in [0.5, 0.6) is 0 Å². The predicted octanol–water partition coefficient (Wildman–Crippen LogP) is 2.40. The van der Waals surface area contributed by atoms with Crippen LogP contribution in [0.25, 0.3) is 0 Å². The van der Waals surface area contributed by atoms with Crippen molar-refractivity contribution in [3.63, 3.8) is 0 Å². The summed E-state index contributed by atoms with van der Waals surface area (Å²) in [6.07, 6.45) is 4.68. The average Bonchev–Trinajstić information content (AvgIpc) is 3.05. The van der Waals surface area contributed by atoms with Gasteiger partial charge >= 0.3 is 5.97 Å². The monoisotopic (exact) mass is 279 g/mol. The van der Waals surface area contributed by atoms with E-state index in [0.717, 1.165) is 25.1 Å². The fraction of sp³-hybridized carbons (Fsp3) is 0.733. The molecule has 0 radical (unpaired) electrons. The Morgan fingerprint density at radius 1 is 1.50 bits per heavy atom. The maximum absolute atomic E-state index is 11.7. The summed E-state index contributed by atoms with van der Waals surface area (Å²) in [7, 11) is 0. The first-order chi connectivity index (χ1) is 9.40. The van der Waals surface area contributed by atoms with E-state index in [4.69, 9.17) is 0 Å². The lowest BCUT2D eigenvalue weighted by molar-refractivity contribution is -0.151. The molecular formula is C15H25N3O2. The summed E-state index contributed by atoms with van der Waals surface area (Å²) in [5.74, 6) is -0.512. The quantitative estimate of drug-likeness (QED) is 0.899. The molecular weight excluding hydrogens is 254 g/mol. The van der Waals surface area contributed by atoms with Crippen LogP contribution < -0.4 is 0 Å². The minimum absolute atomic E-state index is 0.149. The smallest absolute Gasteiger partial charge is 0.311 e. The van der Waals surface area contributed by atoms with Gasteiger partial charge in [-0.2, -0.15) is 5.10 Å². The van der Waals surface area contributed by atoms with Gasteiger partial charge in [0.2, 0.25) is 0 Å². The third kappa shape index (κ3) is 2.46. The van der Waals surface area contributed by atoms with Gasteiger partial charge in [-0.25, -0.2) is 0 Å². The second kappa shape index (κ2) is 5.56. The number of nitrogens with zero attached hydrogens (tertiary/aromatic N) is 3. The second-order valence-corrected chi connectivity index (χ2v) is 6.14. The number of aliphatic carboxylic acids is 1. The first kappa shape index (κ1) is 15.0. The lowest BCUT2D eigenvalue weighted by atomic mass is 9.76. The third-order valence-electron chi connectivity index (χ3n) is 4.87. The molecule has 1 saturated heterocycles. The van der Waals surface area contributed by atoms with E-state index in [2.05, 4.69) is 30.0 Å². The van der Waals surface area contributed by atoms with Crippen molar-refractivity contribution in [1.82, 2.24) is 14.7 Å². The number of likely N-dealkylation sites (tertiary alicyclic amines) is 1. The summed E-state index contributed by atoms with van der Waals surface area (Å²) in [5, 5.41) is 13.9. The Morgan fingerprint density at radius 2 is 2.20 bits per heavy atom. The van der Waals surface area contributed by atoms with E-state index < -0.39 is 11.4 Å². The van der Waals surface area contributed by atoms with Crippen molar-refractivity contribution in [2.45, 2.75) is 46.7 Å². The Morgan fingerprint density at radius 3 is 2.65 bits per heavy atom. The Bertz CT molecular complexity index is 483. The number of aryl methyl sites for hydroxylation is 1. The molecule has 0 aliphatic carbocycles. The van der Waals surface area contributed by atoms with Crippen LogP contribution in [0, 0.1) is 11.3 Å². The molecule has 2 unspecified atom stereocenters. The van der Waals surface area contributed by atoms with Crippen molar-refractivity contribution < 1.29 is 9.90 Å². The van der Waals surface area contributed by atoms with Crippen LogP contribution in [0.3, 0.4) is 0 Å². The summed E-state index contributed by atoms with van der Waals surface area (Å²) < 4.78 is 1.91. The van der Waals surface area contributed by atoms with Crippen LogP contribution in [-0.4, -0.2) is 38.8 Å². The Hall–Kier alpha value is -1.36.